The van der Waals surface area contributed by atoms with Crippen LogP contribution in [-0.2, 0) is 16.4 Å². The molecule has 1 aliphatic carbocycles. The van der Waals surface area contributed by atoms with E-state index in [0.29, 0.717) is 6.54 Å². The molecule has 0 aliphatic heterocycles. The number of benzene rings is 2. The molecular formula is C20H26N4O2S2. The maximum atomic E-state index is 11.3. The van der Waals surface area contributed by atoms with Gasteiger partial charge in [0.15, 0.2) is 5.96 Å². The topological polar surface area (TPSA) is 96.6 Å². The SMILES string of the molecule is CN=C(NCCc1ccc(S(N)(=O)=O)cc1)NCC1(Sc2ccccc2)CC1. The minimum Gasteiger partial charge on any atom is -0.356 e. The highest BCUT2D eigenvalue weighted by Crippen LogP contribution is 2.51. The lowest BCUT2D eigenvalue weighted by Gasteiger charge is -2.18. The Balaban J connectivity index is 1.44. The Morgan fingerprint density at radius 2 is 1.79 bits per heavy atom. The van der Waals surface area contributed by atoms with Gasteiger partial charge in [0, 0.05) is 29.8 Å². The molecule has 6 nitrogen and oxygen atoms in total. The summed E-state index contributed by atoms with van der Waals surface area (Å²) in [6.45, 7) is 1.57. The van der Waals surface area contributed by atoms with Crippen molar-refractivity contribution in [1.29, 1.82) is 0 Å². The summed E-state index contributed by atoms with van der Waals surface area (Å²) in [6.07, 6.45) is 3.16. The van der Waals surface area contributed by atoms with Crippen LogP contribution in [0, 0.1) is 0 Å². The van der Waals surface area contributed by atoms with Gasteiger partial charge in [-0.3, -0.25) is 4.99 Å². The maximum Gasteiger partial charge on any atom is 0.238 e. The zero-order valence-corrected chi connectivity index (χ0v) is 17.5. The number of hydrogen-bond acceptors (Lipinski definition) is 4. The summed E-state index contributed by atoms with van der Waals surface area (Å²) < 4.78 is 22.9. The monoisotopic (exact) mass is 418 g/mol. The van der Waals surface area contributed by atoms with E-state index in [2.05, 4.69) is 39.9 Å². The van der Waals surface area contributed by atoms with Crippen molar-refractivity contribution in [2.45, 2.75) is 33.8 Å². The number of primary sulfonamides is 1. The number of aliphatic imine (C=N–C) groups is 1. The van der Waals surface area contributed by atoms with E-state index >= 15 is 0 Å². The van der Waals surface area contributed by atoms with Crippen LogP contribution in [0.3, 0.4) is 0 Å². The molecule has 2 aromatic carbocycles. The van der Waals surface area contributed by atoms with Gasteiger partial charge in [-0.25, -0.2) is 13.6 Å². The number of rotatable bonds is 8. The minimum absolute atomic E-state index is 0.132. The first-order valence-electron chi connectivity index (χ1n) is 9.21. The molecule has 0 heterocycles. The largest absolute Gasteiger partial charge is 0.356 e. The molecule has 0 bridgehead atoms. The Bertz CT molecular complexity index is 909. The Kier molecular flexibility index (Phi) is 6.64. The van der Waals surface area contributed by atoms with Crippen molar-refractivity contribution >= 4 is 27.7 Å². The van der Waals surface area contributed by atoms with Gasteiger partial charge >= 0.3 is 0 Å². The summed E-state index contributed by atoms with van der Waals surface area (Å²) >= 11 is 1.93. The van der Waals surface area contributed by atoms with Gasteiger partial charge in [0.05, 0.1) is 4.90 Å². The molecule has 4 N–H and O–H groups in total. The lowest BCUT2D eigenvalue weighted by molar-refractivity contribution is 0.598. The molecule has 0 atom stereocenters. The van der Waals surface area contributed by atoms with Crippen molar-refractivity contribution in [3.05, 3.63) is 60.2 Å². The molecule has 3 rings (SSSR count). The first-order chi connectivity index (χ1) is 13.4. The summed E-state index contributed by atoms with van der Waals surface area (Å²) in [6, 6.07) is 17.1. The standard InChI is InChI=1S/C20H26N4O2S2/c1-22-19(23-14-11-16-7-9-18(10-8-16)28(21,25)26)24-15-20(12-13-20)27-17-5-3-2-4-6-17/h2-10H,11-15H2,1H3,(H2,21,25,26)(H2,22,23,24). The normalized spacial score (nSPS) is 15.9. The average Bonchev–Trinajstić information content (AvgIpc) is 3.44. The molecule has 0 unspecified atom stereocenters. The van der Waals surface area contributed by atoms with Crippen LogP contribution in [0.4, 0.5) is 0 Å². The highest BCUT2D eigenvalue weighted by Gasteiger charge is 2.43. The number of nitrogens with two attached hydrogens (primary N) is 1. The zero-order valence-electron chi connectivity index (χ0n) is 15.9. The van der Waals surface area contributed by atoms with Crippen LogP contribution in [-0.4, -0.2) is 39.3 Å². The lowest BCUT2D eigenvalue weighted by Crippen LogP contribution is -2.41. The van der Waals surface area contributed by atoms with Gasteiger partial charge < -0.3 is 10.6 Å². The van der Waals surface area contributed by atoms with Crippen LogP contribution in [0.5, 0.6) is 0 Å². The van der Waals surface area contributed by atoms with Crippen LogP contribution in [0.2, 0.25) is 0 Å². The van der Waals surface area contributed by atoms with E-state index in [1.807, 2.05) is 17.8 Å². The fraction of sp³-hybridized carbons (Fsp3) is 0.350. The Morgan fingerprint density at radius 1 is 1.11 bits per heavy atom. The van der Waals surface area contributed by atoms with Crippen molar-refractivity contribution in [1.82, 2.24) is 10.6 Å². The Hall–Kier alpha value is -2.03. The third kappa shape index (κ3) is 5.98. The predicted octanol–water partition coefficient (Wildman–Crippen LogP) is 2.37. The molecular weight excluding hydrogens is 392 g/mol. The fourth-order valence-corrected chi connectivity index (χ4v) is 4.59. The second-order valence-corrected chi connectivity index (χ2v) is 9.99. The Labute approximate surface area is 171 Å². The number of guanidine groups is 1. The summed E-state index contributed by atoms with van der Waals surface area (Å²) in [5, 5.41) is 11.9. The van der Waals surface area contributed by atoms with E-state index in [4.69, 9.17) is 5.14 Å². The smallest absolute Gasteiger partial charge is 0.238 e. The van der Waals surface area contributed by atoms with Gasteiger partial charge in [0.2, 0.25) is 10.0 Å². The summed E-state index contributed by atoms with van der Waals surface area (Å²) in [5.41, 5.74) is 1.04. The lowest BCUT2D eigenvalue weighted by atomic mass is 10.1. The Morgan fingerprint density at radius 3 is 2.36 bits per heavy atom. The van der Waals surface area contributed by atoms with Crippen molar-refractivity contribution in [3.63, 3.8) is 0 Å². The van der Waals surface area contributed by atoms with E-state index in [1.165, 1.54) is 29.9 Å². The molecule has 1 aliphatic rings. The van der Waals surface area contributed by atoms with Crippen molar-refractivity contribution < 1.29 is 8.42 Å². The number of thioether (sulfide) groups is 1. The van der Waals surface area contributed by atoms with Gasteiger partial charge in [-0.2, -0.15) is 0 Å². The first-order valence-corrected chi connectivity index (χ1v) is 11.6. The maximum absolute atomic E-state index is 11.3. The minimum atomic E-state index is -3.64. The second-order valence-electron chi connectivity index (χ2n) is 6.89. The highest BCUT2D eigenvalue weighted by atomic mass is 32.2. The molecule has 1 fully saturated rings. The fourth-order valence-electron chi connectivity index (χ4n) is 2.83. The van der Waals surface area contributed by atoms with Crippen molar-refractivity contribution in [2.24, 2.45) is 10.1 Å². The van der Waals surface area contributed by atoms with Crippen molar-refractivity contribution in [2.75, 3.05) is 20.1 Å². The number of nitrogens with one attached hydrogen (secondary N) is 2. The molecule has 150 valence electrons. The summed E-state index contributed by atoms with van der Waals surface area (Å²) in [5.74, 6) is 0.779. The van der Waals surface area contributed by atoms with E-state index in [9.17, 15) is 8.42 Å². The predicted molar refractivity (Wildman–Crippen MR) is 115 cm³/mol. The first kappa shape index (κ1) is 20.7. The molecule has 0 amide bonds. The van der Waals surface area contributed by atoms with Crippen LogP contribution in [0.1, 0.15) is 18.4 Å². The van der Waals surface area contributed by atoms with Gasteiger partial charge in [-0.15, -0.1) is 11.8 Å². The molecule has 0 spiro atoms. The van der Waals surface area contributed by atoms with Crippen LogP contribution >= 0.6 is 11.8 Å². The van der Waals surface area contributed by atoms with Gasteiger partial charge in [-0.1, -0.05) is 30.3 Å². The van der Waals surface area contributed by atoms with Crippen LogP contribution in [0.15, 0.2) is 69.4 Å². The number of sulfonamides is 1. The average molecular weight is 419 g/mol. The highest BCUT2D eigenvalue weighted by molar-refractivity contribution is 8.01. The third-order valence-corrected chi connectivity index (χ3v) is 7.07. The van der Waals surface area contributed by atoms with Crippen LogP contribution in [0.25, 0.3) is 0 Å². The third-order valence-electron chi connectivity index (χ3n) is 4.64. The molecule has 0 saturated heterocycles. The molecule has 1 saturated carbocycles. The molecule has 2 aromatic rings. The van der Waals surface area contributed by atoms with E-state index in [1.54, 1.807) is 19.2 Å². The number of hydrogen-bond donors (Lipinski definition) is 3. The molecule has 0 aromatic heterocycles. The van der Waals surface area contributed by atoms with E-state index < -0.39 is 10.0 Å². The van der Waals surface area contributed by atoms with Gasteiger partial charge in [0.25, 0.3) is 0 Å². The molecule has 8 heteroatoms. The number of nitrogens with zero attached hydrogens (tertiary/aromatic N) is 1. The molecule has 28 heavy (non-hydrogen) atoms. The summed E-state index contributed by atoms with van der Waals surface area (Å²) in [7, 11) is -1.88. The zero-order chi connectivity index (χ0) is 20.0. The van der Waals surface area contributed by atoms with Crippen molar-refractivity contribution in [3.8, 4) is 0 Å². The van der Waals surface area contributed by atoms with E-state index in [-0.39, 0.29) is 9.64 Å². The van der Waals surface area contributed by atoms with Crippen LogP contribution < -0.4 is 15.8 Å². The quantitative estimate of drug-likeness (QED) is 0.452. The van der Waals surface area contributed by atoms with Gasteiger partial charge in [-0.05, 0) is 49.1 Å². The second kappa shape index (κ2) is 8.98. The van der Waals surface area contributed by atoms with E-state index in [0.717, 1.165) is 24.5 Å². The summed E-state index contributed by atoms with van der Waals surface area (Å²) in [4.78, 5) is 5.72. The van der Waals surface area contributed by atoms with Gasteiger partial charge in [0.1, 0.15) is 0 Å². The molecule has 0 radical (unpaired) electrons.